The Bertz CT molecular complexity index is 2020. The fourth-order valence-corrected chi connectivity index (χ4v) is 19.6. The largest absolute Gasteiger partial charge is 1.00 e. The molecule has 0 N–H and O–H groups in total. The molecule has 2 unspecified atom stereocenters. The molecule has 2 atom stereocenters. The van der Waals surface area contributed by atoms with Gasteiger partial charge < -0.3 is 24.8 Å². The maximum absolute atomic E-state index is 2.51. The second kappa shape index (κ2) is 11.4. The van der Waals surface area contributed by atoms with Crippen LogP contribution in [0, 0.1) is 0 Å². The van der Waals surface area contributed by atoms with Crippen LogP contribution in [0.2, 0.25) is 9.45 Å². The van der Waals surface area contributed by atoms with E-state index in [-0.39, 0.29) is 24.8 Å². The first-order valence-corrected chi connectivity index (χ1v) is 19.7. The molecule has 0 spiro atoms. The molecule has 3 heteroatoms. The fraction of sp³-hybridized carbons (Fsp3) is 0.143. The van der Waals surface area contributed by atoms with Crippen molar-refractivity contribution in [3.05, 3.63) is 178 Å². The summed E-state index contributed by atoms with van der Waals surface area (Å²) in [5.41, 5.74) is 15.2. The molecule has 6 aromatic rings. The SMILES string of the molecule is CC1=C(c2cccc3ccccc23)c2ccccc2[CH]1[Ti+2]1([CH]2C(C)=C(c3cccc4ccccc34)c3ccccc32)[CH2][CH2]1.[Cl-].[Cl-]. The monoisotopic (exact) mass is 656 g/mol. The van der Waals surface area contributed by atoms with E-state index in [9.17, 15) is 0 Å². The maximum Gasteiger partial charge on any atom is -1.00 e. The van der Waals surface area contributed by atoms with Crippen molar-refractivity contribution in [2.45, 2.75) is 31.7 Å². The van der Waals surface area contributed by atoms with Crippen LogP contribution in [0.1, 0.15) is 55.7 Å². The molecular formula is C42H34Cl2Ti. The van der Waals surface area contributed by atoms with Gasteiger partial charge in [-0.15, -0.1) is 0 Å². The summed E-state index contributed by atoms with van der Waals surface area (Å²) in [5, 5.41) is 5.39. The molecular weight excluding hydrogens is 623 g/mol. The minimum Gasteiger partial charge on any atom is -1.00 e. The molecule has 1 saturated heterocycles. The van der Waals surface area contributed by atoms with Crippen molar-refractivity contribution in [2.24, 2.45) is 0 Å². The summed E-state index contributed by atoms with van der Waals surface area (Å²) in [7, 11) is 0. The quantitative estimate of drug-likeness (QED) is 0.221. The Morgan fingerprint density at radius 3 is 1.22 bits per heavy atom. The topological polar surface area (TPSA) is 0 Å². The van der Waals surface area contributed by atoms with Gasteiger partial charge in [0.25, 0.3) is 0 Å². The van der Waals surface area contributed by atoms with Crippen LogP contribution in [-0.4, -0.2) is 0 Å². The van der Waals surface area contributed by atoms with Crippen LogP contribution in [0.3, 0.4) is 0 Å². The molecule has 45 heavy (non-hydrogen) atoms. The third kappa shape index (κ3) is 4.38. The van der Waals surface area contributed by atoms with Crippen LogP contribution in [0.25, 0.3) is 32.7 Å². The predicted molar refractivity (Wildman–Crippen MR) is 179 cm³/mol. The third-order valence-corrected chi connectivity index (χ3v) is 19.3. The van der Waals surface area contributed by atoms with E-state index in [1.54, 1.807) is 22.3 Å². The summed E-state index contributed by atoms with van der Waals surface area (Å²) >= 11 is -2.51. The van der Waals surface area contributed by atoms with Crippen LogP contribution in [-0.2, 0) is 16.6 Å². The predicted octanol–water partition coefficient (Wildman–Crippen LogP) is 5.46. The van der Waals surface area contributed by atoms with Gasteiger partial charge in [-0.25, -0.2) is 0 Å². The first kappa shape index (κ1) is 30.3. The molecule has 3 aliphatic rings. The van der Waals surface area contributed by atoms with Crippen LogP contribution in [0.15, 0.2) is 145 Å². The van der Waals surface area contributed by atoms with E-state index in [0.717, 1.165) is 0 Å². The van der Waals surface area contributed by atoms with Crippen molar-refractivity contribution in [3.63, 3.8) is 0 Å². The van der Waals surface area contributed by atoms with Crippen molar-refractivity contribution in [2.75, 3.05) is 0 Å². The van der Waals surface area contributed by atoms with E-state index >= 15 is 0 Å². The van der Waals surface area contributed by atoms with Crippen LogP contribution in [0.5, 0.6) is 0 Å². The smallest absolute Gasteiger partial charge is 1.00 e. The van der Waals surface area contributed by atoms with Crippen molar-refractivity contribution in [3.8, 4) is 0 Å². The van der Waals surface area contributed by atoms with Gasteiger partial charge >= 0.3 is 259 Å². The Kier molecular flexibility index (Phi) is 7.70. The minimum absolute atomic E-state index is 0. The molecule has 0 bridgehead atoms. The average Bonchev–Trinajstić information content (AvgIpc) is 3.69. The first-order valence-electron chi connectivity index (χ1n) is 15.7. The Balaban J connectivity index is 0.00000163. The molecule has 0 amide bonds. The Labute approximate surface area is 282 Å². The average molecular weight is 658 g/mol. The van der Waals surface area contributed by atoms with Crippen LogP contribution in [0.4, 0.5) is 0 Å². The molecule has 2 aliphatic carbocycles. The van der Waals surface area contributed by atoms with E-state index in [1.165, 1.54) is 64.4 Å². The Hall–Kier alpha value is -3.39. The third-order valence-electron chi connectivity index (χ3n) is 10.8. The molecule has 1 fully saturated rings. The summed E-state index contributed by atoms with van der Waals surface area (Å²) in [4.78, 5) is 0. The second-order valence-electron chi connectivity index (χ2n) is 12.9. The van der Waals surface area contributed by atoms with Gasteiger partial charge in [-0.2, -0.15) is 0 Å². The first-order chi connectivity index (χ1) is 21.2. The van der Waals surface area contributed by atoms with Crippen molar-refractivity contribution in [1.82, 2.24) is 0 Å². The number of benzene rings is 6. The summed E-state index contributed by atoms with van der Waals surface area (Å²) in [6.07, 6.45) is 0. The maximum atomic E-state index is 2.48. The molecule has 9 rings (SSSR count). The zero-order valence-electron chi connectivity index (χ0n) is 25.5. The molecule has 0 nitrogen and oxygen atoms in total. The van der Waals surface area contributed by atoms with Gasteiger partial charge in [0.2, 0.25) is 0 Å². The van der Waals surface area contributed by atoms with Gasteiger partial charge in [0.05, 0.1) is 0 Å². The zero-order chi connectivity index (χ0) is 28.7. The van der Waals surface area contributed by atoms with E-state index in [0.29, 0.717) is 8.45 Å². The van der Waals surface area contributed by atoms with Gasteiger partial charge in [-0.1, -0.05) is 0 Å². The molecule has 0 radical (unpaired) electrons. The van der Waals surface area contributed by atoms with Crippen molar-refractivity contribution in [1.29, 1.82) is 0 Å². The molecule has 1 heterocycles. The minimum atomic E-state index is -2.51. The molecule has 0 aromatic heterocycles. The number of allylic oxidation sites excluding steroid dienone is 2. The van der Waals surface area contributed by atoms with Crippen LogP contribution >= 0.6 is 0 Å². The molecule has 1 aliphatic heterocycles. The molecule has 6 aromatic carbocycles. The van der Waals surface area contributed by atoms with Crippen LogP contribution < -0.4 is 24.8 Å². The van der Waals surface area contributed by atoms with E-state index in [2.05, 4.69) is 147 Å². The standard InChI is InChI=1S/2C20H15.C2H4.2ClH.Ti/c2*1-14-13-16-8-3-5-11-18(16)20(14)19-12-6-9-15-7-2-4-10-17(15)19;1-2;;;/h2*2-13H,1H3;1-2H2;2*1H;/q;;;;;+2/p-2. The van der Waals surface area contributed by atoms with Crippen molar-refractivity contribution < 1.29 is 41.4 Å². The second-order valence-corrected chi connectivity index (χ2v) is 20.2. The van der Waals surface area contributed by atoms with Gasteiger partial charge in [0.1, 0.15) is 0 Å². The van der Waals surface area contributed by atoms with Gasteiger partial charge in [0, 0.05) is 0 Å². The number of halogens is 2. The summed E-state index contributed by atoms with van der Waals surface area (Å²) in [6, 6.07) is 50.4. The van der Waals surface area contributed by atoms with Crippen molar-refractivity contribution >= 4 is 32.7 Å². The van der Waals surface area contributed by atoms with E-state index < -0.39 is 16.6 Å². The number of hydrogen-bond donors (Lipinski definition) is 0. The summed E-state index contributed by atoms with van der Waals surface area (Å²) in [6.45, 7) is 4.97. The van der Waals surface area contributed by atoms with E-state index in [4.69, 9.17) is 0 Å². The Morgan fingerprint density at radius 2 is 0.778 bits per heavy atom. The molecule has 220 valence electrons. The summed E-state index contributed by atoms with van der Waals surface area (Å²) < 4.78 is 4.06. The fourth-order valence-electron chi connectivity index (χ4n) is 9.10. The Morgan fingerprint density at radius 1 is 0.422 bits per heavy atom. The molecule has 0 saturated carbocycles. The zero-order valence-corrected chi connectivity index (χ0v) is 28.6. The number of fused-ring (bicyclic) bond motifs is 4. The van der Waals surface area contributed by atoms with E-state index in [1.807, 2.05) is 0 Å². The normalized spacial score (nSPS) is 18.5. The number of rotatable bonds is 4. The number of hydrogen-bond acceptors (Lipinski definition) is 0. The van der Waals surface area contributed by atoms with Gasteiger partial charge in [0.15, 0.2) is 0 Å². The van der Waals surface area contributed by atoms with Gasteiger partial charge in [-0.3, -0.25) is 0 Å². The van der Waals surface area contributed by atoms with Gasteiger partial charge in [-0.05, 0) is 0 Å². The summed E-state index contributed by atoms with van der Waals surface area (Å²) in [5.74, 6) is 0.